The molecule has 0 radical (unpaired) electrons. The molecule has 0 atom stereocenters. The van der Waals surface area contributed by atoms with Crippen LogP contribution >= 0.6 is 12.4 Å². The fourth-order valence-corrected chi connectivity index (χ4v) is 0. The van der Waals surface area contributed by atoms with Crippen molar-refractivity contribution in [1.29, 1.82) is 0 Å². The van der Waals surface area contributed by atoms with Gasteiger partial charge >= 0.3 is 6.18 Å². The van der Waals surface area contributed by atoms with Crippen LogP contribution in [0.4, 0.5) is 13.2 Å². The van der Waals surface area contributed by atoms with Crippen LogP contribution in [-0.4, -0.2) is 6.18 Å². The van der Waals surface area contributed by atoms with Crippen molar-refractivity contribution in [3.63, 3.8) is 0 Å². The first-order valence-electron chi connectivity index (χ1n) is 2.01. The van der Waals surface area contributed by atoms with Crippen LogP contribution < -0.4 is 0 Å². The maximum absolute atomic E-state index is 11.2. The summed E-state index contributed by atoms with van der Waals surface area (Å²) in [6, 6.07) is 0. The van der Waals surface area contributed by atoms with E-state index in [2.05, 4.69) is 0 Å². The van der Waals surface area contributed by atoms with E-state index in [0.29, 0.717) is 0 Å². The van der Waals surface area contributed by atoms with Gasteiger partial charge in [0.15, 0.2) is 0 Å². The van der Waals surface area contributed by atoms with Crippen molar-refractivity contribution in [1.82, 2.24) is 0 Å². The second-order valence-corrected chi connectivity index (χ2v) is 1.70. The topological polar surface area (TPSA) is 0 Å². The Labute approximate surface area is 52.5 Å². The standard InChI is InChI=1S/C4H7F3.ClH/c1-3(2)4(5,6)7;/h3H,1-2H3;1H. The zero-order chi connectivity index (χ0) is 6.08. The fraction of sp³-hybridized carbons (Fsp3) is 1.00. The number of hydrogen-bond acceptors (Lipinski definition) is 0. The van der Waals surface area contributed by atoms with Gasteiger partial charge in [0.1, 0.15) is 0 Å². The highest BCUT2D eigenvalue weighted by Gasteiger charge is 2.31. The summed E-state index contributed by atoms with van der Waals surface area (Å²) in [5, 5.41) is 0. The van der Waals surface area contributed by atoms with Crippen LogP contribution in [0.5, 0.6) is 0 Å². The van der Waals surface area contributed by atoms with Gasteiger partial charge in [-0.3, -0.25) is 0 Å². The Morgan fingerprint density at radius 2 is 1.25 bits per heavy atom. The van der Waals surface area contributed by atoms with Crippen molar-refractivity contribution in [2.24, 2.45) is 5.92 Å². The third kappa shape index (κ3) is 4.24. The molecule has 0 aromatic rings. The molecule has 8 heavy (non-hydrogen) atoms. The van der Waals surface area contributed by atoms with Crippen molar-refractivity contribution in [3.05, 3.63) is 0 Å². The lowest BCUT2D eigenvalue weighted by molar-refractivity contribution is -0.164. The molecule has 0 spiro atoms. The van der Waals surface area contributed by atoms with Crippen LogP contribution in [0, 0.1) is 5.92 Å². The first-order chi connectivity index (χ1) is 2.94. The van der Waals surface area contributed by atoms with E-state index >= 15 is 0 Å². The van der Waals surface area contributed by atoms with E-state index < -0.39 is 12.1 Å². The maximum atomic E-state index is 11.2. The Morgan fingerprint density at radius 1 is 1.12 bits per heavy atom. The van der Waals surface area contributed by atoms with Gasteiger partial charge in [-0.1, -0.05) is 13.8 Å². The largest absolute Gasteiger partial charge is 0.391 e. The molecule has 0 aromatic carbocycles. The Balaban J connectivity index is 0. The smallest absolute Gasteiger partial charge is 0.171 e. The highest BCUT2D eigenvalue weighted by Crippen LogP contribution is 2.24. The van der Waals surface area contributed by atoms with Gasteiger partial charge in [-0.2, -0.15) is 13.2 Å². The molecule has 0 rings (SSSR count). The van der Waals surface area contributed by atoms with Crippen molar-refractivity contribution < 1.29 is 13.2 Å². The van der Waals surface area contributed by atoms with Gasteiger partial charge in [0.2, 0.25) is 0 Å². The van der Waals surface area contributed by atoms with E-state index in [1.807, 2.05) is 0 Å². The van der Waals surface area contributed by atoms with Gasteiger partial charge in [-0.05, 0) is 0 Å². The van der Waals surface area contributed by atoms with Gasteiger partial charge in [0, 0.05) is 5.92 Å². The summed E-state index contributed by atoms with van der Waals surface area (Å²) in [5.74, 6) is -1.20. The summed E-state index contributed by atoms with van der Waals surface area (Å²) in [5.41, 5.74) is 0. The van der Waals surface area contributed by atoms with Crippen LogP contribution in [0.3, 0.4) is 0 Å². The van der Waals surface area contributed by atoms with Crippen LogP contribution in [-0.2, 0) is 0 Å². The molecule has 0 aliphatic carbocycles. The Bertz CT molecular complexity index is 56.8. The Morgan fingerprint density at radius 3 is 1.25 bits per heavy atom. The average Bonchev–Trinajstić information content (AvgIpc) is 1.31. The van der Waals surface area contributed by atoms with Gasteiger partial charge < -0.3 is 0 Å². The summed E-state index contributed by atoms with van der Waals surface area (Å²) in [6.45, 7) is 2.25. The van der Waals surface area contributed by atoms with E-state index in [4.69, 9.17) is 0 Å². The quantitative estimate of drug-likeness (QED) is 0.496. The van der Waals surface area contributed by atoms with Crippen LogP contribution in [0.2, 0.25) is 0 Å². The molecule has 0 heterocycles. The number of alkyl halides is 3. The third-order valence-corrected chi connectivity index (χ3v) is 0.655. The molecule has 0 N–H and O–H groups in total. The minimum atomic E-state index is -4.00. The second kappa shape index (κ2) is 3.17. The Kier molecular flexibility index (Phi) is 4.35. The molecule has 0 saturated heterocycles. The molecule has 0 amide bonds. The van der Waals surface area contributed by atoms with Gasteiger partial charge in [-0.25, -0.2) is 0 Å². The van der Waals surface area contributed by atoms with E-state index in [1.165, 1.54) is 0 Å². The van der Waals surface area contributed by atoms with Crippen molar-refractivity contribution >= 4 is 12.4 Å². The molecular weight excluding hydrogens is 140 g/mol. The summed E-state index contributed by atoms with van der Waals surface area (Å²) >= 11 is 0. The molecular formula is C4H8ClF3. The summed E-state index contributed by atoms with van der Waals surface area (Å²) in [6.07, 6.45) is -4.00. The van der Waals surface area contributed by atoms with Crippen molar-refractivity contribution in [3.8, 4) is 0 Å². The molecule has 0 nitrogen and oxygen atoms in total. The lowest BCUT2D eigenvalue weighted by Gasteiger charge is -2.07. The summed E-state index contributed by atoms with van der Waals surface area (Å²) < 4.78 is 33.5. The molecule has 0 bridgehead atoms. The Hall–Kier alpha value is 0.0800. The number of rotatable bonds is 0. The predicted octanol–water partition coefficient (Wildman–Crippen LogP) is 2.63. The highest BCUT2D eigenvalue weighted by atomic mass is 35.5. The van der Waals surface area contributed by atoms with Gasteiger partial charge in [-0.15, -0.1) is 12.4 Å². The average molecular weight is 149 g/mol. The summed E-state index contributed by atoms with van der Waals surface area (Å²) in [7, 11) is 0. The minimum absolute atomic E-state index is 0. The van der Waals surface area contributed by atoms with E-state index in [1.54, 1.807) is 0 Å². The molecule has 0 fully saturated rings. The molecule has 0 unspecified atom stereocenters. The first-order valence-corrected chi connectivity index (χ1v) is 2.01. The van der Waals surface area contributed by atoms with Crippen LogP contribution in [0.15, 0.2) is 0 Å². The first kappa shape index (κ1) is 11.0. The fourth-order valence-electron chi connectivity index (χ4n) is 0. The SMILES string of the molecule is CC(C)C(F)(F)F.Cl. The lowest BCUT2D eigenvalue weighted by atomic mass is 10.2. The lowest BCUT2D eigenvalue weighted by Crippen LogP contribution is -2.15. The number of hydrogen-bond donors (Lipinski definition) is 0. The molecule has 0 aliphatic rings. The third-order valence-electron chi connectivity index (χ3n) is 0.655. The minimum Gasteiger partial charge on any atom is -0.171 e. The molecule has 0 aliphatic heterocycles. The summed E-state index contributed by atoms with van der Waals surface area (Å²) in [4.78, 5) is 0. The van der Waals surface area contributed by atoms with Gasteiger partial charge in [0.05, 0.1) is 0 Å². The van der Waals surface area contributed by atoms with Crippen LogP contribution in [0.25, 0.3) is 0 Å². The maximum Gasteiger partial charge on any atom is 0.391 e. The van der Waals surface area contributed by atoms with E-state index in [-0.39, 0.29) is 12.4 Å². The van der Waals surface area contributed by atoms with Crippen molar-refractivity contribution in [2.45, 2.75) is 20.0 Å². The van der Waals surface area contributed by atoms with E-state index in [0.717, 1.165) is 13.8 Å². The molecule has 0 saturated carbocycles. The highest BCUT2D eigenvalue weighted by molar-refractivity contribution is 5.85. The molecule has 52 valence electrons. The van der Waals surface area contributed by atoms with E-state index in [9.17, 15) is 13.2 Å². The molecule has 4 heteroatoms. The number of halogens is 4. The van der Waals surface area contributed by atoms with Gasteiger partial charge in [0.25, 0.3) is 0 Å². The van der Waals surface area contributed by atoms with Crippen LogP contribution in [0.1, 0.15) is 13.8 Å². The zero-order valence-corrected chi connectivity index (χ0v) is 5.44. The monoisotopic (exact) mass is 148 g/mol. The van der Waals surface area contributed by atoms with Crippen molar-refractivity contribution in [2.75, 3.05) is 0 Å². The normalized spacial score (nSPS) is 11.2. The second-order valence-electron chi connectivity index (χ2n) is 1.70. The molecule has 0 aromatic heterocycles. The predicted molar refractivity (Wildman–Crippen MR) is 28.1 cm³/mol. The zero-order valence-electron chi connectivity index (χ0n) is 4.62.